The van der Waals surface area contributed by atoms with Crippen molar-refractivity contribution in [2.45, 2.75) is 38.5 Å². The lowest BCUT2D eigenvalue weighted by atomic mass is 9.91. The second-order valence-electron chi connectivity index (χ2n) is 5.47. The van der Waals surface area contributed by atoms with Gasteiger partial charge < -0.3 is 14.2 Å². The maximum Gasteiger partial charge on any atom is 0.203 e. The largest absolute Gasteiger partial charge is 0.493 e. The molecule has 1 saturated carbocycles. The van der Waals surface area contributed by atoms with Gasteiger partial charge in [-0.1, -0.05) is 25.7 Å². The molecule has 0 unspecified atom stereocenters. The van der Waals surface area contributed by atoms with Gasteiger partial charge >= 0.3 is 0 Å². The van der Waals surface area contributed by atoms with Gasteiger partial charge in [0.05, 0.1) is 21.3 Å². The molecule has 1 aliphatic carbocycles. The van der Waals surface area contributed by atoms with E-state index in [0.717, 1.165) is 25.7 Å². The normalized spacial score (nSPS) is 16.1. The van der Waals surface area contributed by atoms with Crippen molar-refractivity contribution in [3.05, 3.63) is 17.7 Å². The van der Waals surface area contributed by atoms with Gasteiger partial charge in [0.1, 0.15) is 0 Å². The maximum atomic E-state index is 12.7. The molecule has 21 heavy (non-hydrogen) atoms. The van der Waals surface area contributed by atoms with Crippen molar-refractivity contribution in [1.29, 1.82) is 0 Å². The van der Waals surface area contributed by atoms with E-state index in [1.165, 1.54) is 12.8 Å². The van der Waals surface area contributed by atoms with Crippen LogP contribution >= 0.6 is 0 Å². The molecule has 0 bridgehead atoms. The Bertz CT molecular complexity index is 463. The van der Waals surface area contributed by atoms with Gasteiger partial charge in [0, 0.05) is 11.5 Å². The number of carbonyl (C=O) groups is 1. The smallest absolute Gasteiger partial charge is 0.203 e. The summed E-state index contributed by atoms with van der Waals surface area (Å²) in [4.78, 5) is 12.7. The van der Waals surface area contributed by atoms with Crippen molar-refractivity contribution in [3.8, 4) is 17.2 Å². The molecule has 1 aromatic carbocycles. The summed E-state index contributed by atoms with van der Waals surface area (Å²) in [7, 11) is 4.70. The Morgan fingerprint density at radius 2 is 1.43 bits per heavy atom. The van der Waals surface area contributed by atoms with Gasteiger partial charge in [0.2, 0.25) is 5.75 Å². The first kappa shape index (κ1) is 15.7. The Balaban J connectivity index is 2.31. The molecule has 0 amide bonds. The van der Waals surface area contributed by atoms with Crippen LogP contribution in [-0.2, 0) is 0 Å². The van der Waals surface area contributed by atoms with E-state index in [1.807, 2.05) is 0 Å². The molecule has 2 rings (SSSR count). The third kappa shape index (κ3) is 3.49. The van der Waals surface area contributed by atoms with Gasteiger partial charge in [0.25, 0.3) is 0 Å². The van der Waals surface area contributed by atoms with Gasteiger partial charge in [-0.15, -0.1) is 0 Å². The first-order valence-electron chi connectivity index (χ1n) is 7.55. The molecule has 0 aromatic heterocycles. The highest BCUT2D eigenvalue weighted by Gasteiger charge is 2.24. The summed E-state index contributed by atoms with van der Waals surface area (Å²) in [5.41, 5.74) is 0.649. The highest BCUT2D eigenvalue weighted by Crippen LogP contribution is 2.39. The number of ether oxygens (including phenoxy) is 3. The molecule has 0 saturated heterocycles. The predicted octanol–water partition coefficient (Wildman–Crippen LogP) is 3.87. The number of benzene rings is 1. The fourth-order valence-electron chi connectivity index (χ4n) is 3.00. The van der Waals surface area contributed by atoms with Crippen LogP contribution < -0.4 is 14.2 Å². The average molecular weight is 292 g/mol. The van der Waals surface area contributed by atoms with Crippen LogP contribution in [0.5, 0.6) is 17.2 Å². The first-order valence-corrected chi connectivity index (χ1v) is 7.55. The summed E-state index contributed by atoms with van der Waals surface area (Å²) in [5, 5.41) is 0. The van der Waals surface area contributed by atoms with Crippen LogP contribution in [0.4, 0.5) is 0 Å². The third-order valence-electron chi connectivity index (χ3n) is 4.18. The Kier molecular flexibility index (Phi) is 5.48. The minimum atomic E-state index is 0.121. The molecule has 0 N–H and O–H groups in total. The maximum absolute atomic E-state index is 12.7. The molecule has 0 heterocycles. The first-order chi connectivity index (χ1) is 10.2. The van der Waals surface area contributed by atoms with Crippen LogP contribution in [0.2, 0.25) is 0 Å². The fourth-order valence-corrected chi connectivity index (χ4v) is 3.00. The van der Waals surface area contributed by atoms with Crippen molar-refractivity contribution in [2.75, 3.05) is 21.3 Å². The van der Waals surface area contributed by atoms with Crippen LogP contribution in [0.1, 0.15) is 48.9 Å². The molecular weight excluding hydrogens is 268 g/mol. The summed E-state index contributed by atoms with van der Waals surface area (Å²) in [6.45, 7) is 0. The van der Waals surface area contributed by atoms with Gasteiger partial charge in [-0.3, -0.25) is 4.79 Å². The lowest BCUT2D eigenvalue weighted by Crippen LogP contribution is -2.14. The molecule has 0 atom stereocenters. The third-order valence-corrected chi connectivity index (χ3v) is 4.18. The van der Waals surface area contributed by atoms with Crippen LogP contribution in [0.3, 0.4) is 0 Å². The number of ketones is 1. The summed E-state index contributed by atoms with van der Waals surface area (Å²) >= 11 is 0. The Morgan fingerprint density at radius 1 is 0.905 bits per heavy atom. The van der Waals surface area contributed by atoms with E-state index in [4.69, 9.17) is 14.2 Å². The van der Waals surface area contributed by atoms with Crippen LogP contribution in [0.25, 0.3) is 0 Å². The zero-order valence-corrected chi connectivity index (χ0v) is 13.1. The molecule has 0 aliphatic heterocycles. The second kappa shape index (κ2) is 7.34. The summed E-state index contributed by atoms with van der Waals surface area (Å²) in [6, 6.07) is 3.52. The fraction of sp³-hybridized carbons (Fsp3) is 0.588. The Morgan fingerprint density at radius 3 is 1.86 bits per heavy atom. The highest BCUT2D eigenvalue weighted by atomic mass is 16.5. The zero-order chi connectivity index (χ0) is 15.2. The molecule has 4 nitrogen and oxygen atoms in total. The molecular formula is C17H24O4. The number of hydrogen-bond donors (Lipinski definition) is 0. The summed E-state index contributed by atoms with van der Waals surface area (Å²) in [6.07, 6.45) is 6.71. The quantitative estimate of drug-likeness (QED) is 0.610. The number of Topliss-reactive ketones (excluding diaryl/α,β-unsaturated/α-hetero) is 1. The van der Waals surface area contributed by atoms with Crippen LogP contribution in [0, 0.1) is 5.92 Å². The number of carbonyl (C=O) groups excluding carboxylic acids is 1. The van der Waals surface area contributed by atoms with Crippen molar-refractivity contribution < 1.29 is 19.0 Å². The second-order valence-corrected chi connectivity index (χ2v) is 5.47. The van der Waals surface area contributed by atoms with E-state index in [1.54, 1.807) is 33.5 Å². The molecule has 4 heteroatoms. The summed E-state index contributed by atoms with van der Waals surface area (Å²) in [5.74, 6) is 1.91. The van der Waals surface area contributed by atoms with Crippen LogP contribution in [-0.4, -0.2) is 27.1 Å². The predicted molar refractivity (Wildman–Crippen MR) is 81.6 cm³/mol. The number of methoxy groups -OCH3 is 3. The van der Waals surface area contributed by atoms with Crippen molar-refractivity contribution >= 4 is 5.78 Å². The molecule has 1 aliphatic rings. The van der Waals surface area contributed by atoms with Gasteiger partial charge in [-0.25, -0.2) is 0 Å². The van der Waals surface area contributed by atoms with Crippen LogP contribution in [0.15, 0.2) is 12.1 Å². The topological polar surface area (TPSA) is 44.8 Å². The lowest BCUT2D eigenvalue weighted by Gasteiger charge is -2.16. The van der Waals surface area contributed by atoms with Gasteiger partial charge in [-0.2, -0.15) is 0 Å². The van der Waals surface area contributed by atoms with E-state index in [-0.39, 0.29) is 11.7 Å². The van der Waals surface area contributed by atoms with E-state index < -0.39 is 0 Å². The van der Waals surface area contributed by atoms with E-state index in [9.17, 15) is 4.79 Å². The highest BCUT2D eigenvalue weighted by molar-refractivity contribution is 5.99. The van der Waals surface area contributed by atoms with E-state index >= 15 is 0 Å². The molecule has 1 aromatic rings. The van der Waals surface area contributed by atoms with Gasteiger partial charge in [-0.05, 0) is 25.0 Å². The van der Waals surface area contributed by atoms with Gasteiger partial charge in [0.15, 0.2) is 17.3 Å². The van der Waals surface area contributed by atoms with Crippen molar-refractivity contribution in [3.63, 3.8) is 0 Å². The average Bonchev–Trinajstić information content (AvgIpc) is 2.81. The SMILES string of the molecule is COc1cc(C(=O)C2CCCCCC2)cc(OC)c1OC. The minimum Gasteiger partial charge on any atom is -0.493 e. The number of rotatable bonds is 5. The monoisotopic (exact) mass is 292 g/mol. The Hall–Kier alpha value is -1.71. The van der Waals surface area contributed by atoms with Crippen molar-refractivity contribution in [2.24, 2.45) is 5.92 Å². The van der Waals surface area contributed by atoms with E-state index in [2.05, 4.69) is 0 Å². The molecule has 1 fully saturated rings. The summed E-state index contributed by atoms with van der Waals surface area (Å²) < 4.78 is 15.9. The Labute approximate surface area is 126 Å². The zero-order valence-electron chi connectivity index (χ0n) is 13.1. The number of hydrogen-bond acceptors (Lipinski definition) is 4. The standard InChI is InChI=1S/C17H24O4/c1-19-14-10-13(11-15(20-2)17(14)21-3)16(18)12-8-6-4-5-7-9-12/h10-12H,4-9H2,1-3H3. The molecule has 0 spiro atoms. The minimum absolute atomic E-state index is 0.121. The molecule has 0 radical (unpaired) electrons. The lowest BCUT2D eigenvalue weighted by molar-refractivity contribution is 0.0907. The van der Waals surface area contributed by atoms with E-state index in [0.29, 0.717) is 22.8 Å². The van der Waals surface area contributed by atoms with Crippen molar-refractivity contribution in [1.82, 2.24) is 0 Å². The molecule has 116 valence electrons.